The van der Waals surface area contributed by atoms with Crippen LogP contribution in [0.15, 0.2) is 102 Å². The van der Waals surface area contributed by atoms with E-state index in [-0.39, 0.29) is 11.3 Å². The van der Waals surface area contributed by atoms with E-state index >= 15 is 0 Å². The van der Waals surface area contributed by atoms with Crippen LogP contribution in [0.3, 0.4) is 0 Å². The largest absolute Gasteiger partial charge is 0.448 e. The van der Waals surface area contributed by atoms with E-state index in [1.807, 2.05) is 78.9 Å². The Hall–Kier alpha value is -4.71. The average Bonchev–Trinajstić information content (AvgIpc) is 2.90. The zero-order chi connectivity index (χ0) is 25.2. The first kappa shape index (κ1) is 23.1. The summed E-state index contributed by atoms with van der Waals surface area (Å²) in [5.41, 5.74) is 1.73. The zero-order valence-electron chi connectivity index (χ0n) is 19.9. The van der Waals surface area contributed by atoms with Gasteiger partial charge in [0.15, 0.2) is 6.10 Å². The normalized spacial score (nSPS) is 11.8. The Morgan fingerprint density at radius 3 is 2.19 bits per heavy atom. The van der Waals surface area contributed by atoms with Crippen molar-refractivity contribution in [2.75, 3.05) is 5.32 Å². The van der Waals surface area contributed by atoms with Crippen molar-refractivity contribution in [3.05, 3.63) is 113 Å². The van der Waals surface area contributed by atoms with Crippen LogP contribution in [-0.4, -0.2) is 22.5 Å². The van der Waals surface area contributed by atoms with Crippen molar-refractivity contribution in [1.82, 2.24) is 4.57 Å². The van der Waals surface area contributed by atoms with Crippen molar-refractivity contribution in [2.45, 2.75) is 13.0 Å². The number of anilines is 1. The number of carbonyl (C=O) groups is 2. The third-order valence-corrected chi connectivity index (χ3v) is 6.23. The summed E-state index contributed by atoms with van der Waals surface area (Å²) in [7, 11) is 1.54. The van der Waals surface area contributed by atoms with Crippen molar-refractivity contribution in [1.29, 1.82) is 0 Å². The average molecular weight is 477 g/mol. The molecule has 0 saturated carbocycles. The van der Waals surface area contributed by atoms with E-state index in [0.29, 0.717) is 22.0 Å². The number of benzene rings is 4. The van der Waals surface area contributed by atoms with E-state index in [9.17, 15) is 14.4 Å². The lowest BCUT2D eigenvalue weighted by atomic mass is 9.97. The first-order valence-electron chi connectivity index (χ1n) is 11.6. The SMILES string of the molecule is CC(OC(=O)c1c(-c2ccccc2)c2ccccc2c(=O)n1C)C(=O)Nc1ccc2ccccc2c1. The standard InChI is InChI=1S/C30H24N2O4/c1-19(28(33)31-23-17-16-20-10-6-7-13-22(20)18-23)36-30(35)27-26(21-11-4-3-5-12-21)24-14-8-9-15-25(24)29(34)32(27)2/h3-19H,1-2H3,(H,31,33). The molecule has 1 aromatic heterocycles. The van der Waals surface area contributed by atoms with Crippen LogP contribution in [0.25, 0.3) is 32.7 Å². The summed E-state index contributed by atoms with van der Waals surface area (Å²) in [5.74, 6) is -1.22. The molecule has 0 fully saturated rings. The molecule has 0 aliphatic rings. The van der Waals surface area contributed by atoms with Crippen molar-refractivity contribution >= 4 is 39.1 Å². The molecule has 1 N–H and O–H groups in total. The number of nitrogens with one attached hydrogen (secondary N) is 1. The highest BCUT2D eigenvalue weighted by Crippen LogP contribution is 2.31. The van der Waals surface area contributed by atoms with Crippen LogP contribution in [0.2, 0.25) is 0 Å². The van der Waals surface area contributed by atoms with Gasteiger partial charge in [0.25, 0.3) is 11.5 Å². The highest BCUT2D eigenvalue weighted by Gasteiger charge is 2.26. The molecule has 4 aromatic carbocycles. The van der Waals surface area contributed by atoms with Gasteiger partial charge in [-0.25, -0.2) is 4.79 Å². The Morgan fingerprint density at radius 2 is 1.44 bits per heavy atom. The second kappa shape index (κ2) is 9.50. The highest BCUT2D eigenvalue weighted by atomic mass is 16.5. The van der Waals surface area contributed by atoms with Gasteiger partial charge in [0.2, 0.25) is 0 Å². The van der Waals surface area contributed by atoms with Gasteiger partial charge in [-0.1, -0.05) is 78.9 Å². The number of rotatable bonds is 5. The van der Waals surface area contributed by atoms with Gasteiger partial charge in [-0.2, -0.15) is 0 Å². The molecule has 1 heterocycles. The number of hydrogen-bond acceptors (Lipinski definition) is 4. The minimum absolute atomic E-state index is 0.0928. The van der Waals surface area contributed by atoms with E-state index in [1.54, 1.807) is 18.2 Å². The maximum absolute atomic E-state index is 13.4. The van der Waals surface area contributed by atoms with Gasteiger partial charge >= 0.3 is 5.97 Å². The molecule has 0 spiro atoms. The molecular formula is C30H24N2O4. The molecule has 0 radical (unpaired) electrons. The number of carbonyl (C=O) groups excluding carboxylic acids is 2. The molecule has 6 nitrogen and oxygen atoms in total. The van der Waals surface area contributed by atoms with Crippen LogP contribution in [0.1, 0.15) is 17.4 Å². The lowest BCUT2D eigenvalue weighted by Crippen LogP contribution is -2.32. The Kier molecular flexibility index (Phi) is 6.09. The van der Waals surface area contributed by atoms with Crippen LogP contribution in [0.4, 0.5) is 5.69 Å². The monoisotopic (exact) mass is 476 g/mol. The quantitative estimate of drug-likeness (QED) is 0.338. The summed E-state index contributed by atoms with van der Waals surface area (Å²) in [5, 5.41) is 5.99. The van der Waals surface area contributed by atoms with E-state index in [0.717, 1.165) is 16.3 Å². The third-order valence-electron chi connectivity index (χ3n) is 6.23. The second-order valence-electron chi connectivity index (χ2n) is 8.60. The van der Waals surface area contributed by atoms with Gasteiger partial charge in [0, 0.05) is 23.7 Å². The van der Waals surface area contributed by atoms with Gasteiger partial charge in [0.05, 0.1) is 0 Å². The fraction of sp³-hybridized carbons (Fsp3) is 0.100. The molecule has 5 aromatic rings. The fourth-order valence-electron chi connectivity index (χ4n) is 4.38. The van der Waals surface area contributed by atoms with E-state index in [2.05, 4.69) is 5.32 Å². The number of esters is 1. The maximum atomic E-state index is 13.4. The maximum Gasteiger partial charge on any atom is 0.356 e. The molecule has 6 heteroatoms. The summed E-state index contributed by atoms with van der Waals surface area (Å²) in [6.07, 6.45) is -1.09. The van der Waals surface area contributed by atoms with Crippen LogP contribution in [0.5, 0.6) is 0 Å². The summed E-state index contributed by atoms with van der Waals surface area (Å²) in [6.45, 7) is 1.51. The molecule has 0 aliphatic carbocycles. The van der Waals surface area contributed by atoms with Crippen LogP contribution < -0.4 is 10.9 Å². The second-order valence-corrected chi connectivity index (χ2v) is 8.60. The molecule has 1 amide bonds. The van der Waals surface area contributed by atoms with E-state index in [4.69, 9.17) is 4.74 Å². The molecule has 0 aliphatic heterocycles. The number of aromatic nitrogens is 1. The number of amides is 1. The number of fused-ring (bicyclic) bond motifs is 2. The third kappa shape index (κ3) is 4.25. The number of ether oxygens (including phenoxy) is 1. The van der Waals surface area contributed by atoms with Crippen molar-refractivity contribution in [3.63, 3.8) is 0 Å². The number of pyridine rings is 1. The van der Waals surface area contributed by atoms with Crippen LogP contribution in [0, 0.1) is 0 Å². The molecule has 5 rings (SSSR count). The minimum Gasteiger partial charge on any atom is -0.448 e. The minimum atomic E-state index is -1.09. The molecule has 0 saturated heterocycles. The Balaban J connectivity index is 1.47. The predicted octanol–water partition coefficient (Wildman–Crippen LogP) is 5.54. The molecule has 178 valence electrons. The summed E-state index contributed by atoms with van der Waals surface area (Å²) >= 11 is 0. The predicted molar refractivity (Wildman–Crippen MR) is 142 cm³/mol. The first-order valence-corrected chi connectivity index (χ1v) is 11.6. The van der Waals surface area contributed by atoms with Crippen LogP contribution >= 0.6 is 0 Å². The molecule has 36 heavy (non-hydrogen) atoms. The summed E-state index contributed by atoms with van der Waals surface area (Å²) in [6, 6.07) is 29.9. The first-order chi connectivity index (χ1) is 17.4. The molecule has 1 atom stereocenters. The molecule has 1 unspecified atom stereocenters. The topological polar surface area (TPSA) is 77.4 Å². The number of nitrogens with zero attached hydrogens (tertiary/aromatic N) is 1. The van der Waals surface area contributed by atoms with Gasteiger partial charge in [-0.05, 0) is 46.8 Å². The molecule has 0 bridgehead atoms. The smallest absolute Gasteiger partial charge is 0.356 e. The highest BCUT2D eigenvalue weighted by molar-refractivity contribution is 6.07. The Labute approximate surface area is 207 Å². The zero-order valence-corrected chi connectivity index (χ0v) is 19.9. The number of hydrogen-bond donors (Lipinski definition) is 1. The van der Waals surface area contributed by atoms with Gasteiger partial charge in [-0.3, -0.25) is 9.59 Å². The summed E-state index contributed by atoms with van der Waals surface area (Å²) in [4.78, 5) is 39.4. The van der Waals surface area contributed by atoms with Gasteiger partial charge in [0.1, 0.15) is 5.69 Å². The van der Waals surface area contributed by atoms with Crippen LogP contribution in [-0.2, 0) is 16.6 Å². The van der Waals surface area contributed by atoms with E-state index in [1.165, 1.54) is 18.5 Å². The lowest BCUT2D eigenvalue weighted by molar-refractivity contribution is -0.123. The fourth-order valence-corrected chi connectivity index (χ4v) is 4.38. The Morgan fingerprint density at radius 1 is 0.806 bits per heavy atom. The lowest BCUT2D eigenvalue weighted by Gasteiger charge is -2.19. The summed E-state index contributed by atoms with van der Waals surface area (Å²) < 4.78 is 6.89. The van der Waals surface area contributed by atoms with Gasteiger partial charge in [-0.15, -0.1) is 0 Å². The van der Waals surface area contributed by atoms with E-state index < -0.39 is 18.0 Å². The van der Waals surface area contributed by atoms with Crippen molar-refractivity contribution in [2.24, 2.45) is 7.05 Å². The van der Waals surface area contributed by atoms with Gasteiger partial charge < -0.3 is 14.6 Å². The Bertz CT molecular complexity index is 1670. The van der Waals surface area contributed by atoms with Crippen molar-refractivity contribution < 1.29 is 14.3 Å². The molecular weight excluding hydrogens is 452 g/mol. The van der Waals surface area contributed by atoms with Crippen molar-refractivity contribution in [3.8, 4) is 11.1 Å².